The zero-order valence-corrected chi connectivity index (χ0v) is 8.30. The Labute approximate surface area is 58.1 Å². The van der Waals surface area contributed by atoms with E-state index in [0.29, 0.717) is 0 Å². The molecule has 0 saturated heterocycles. The van der Waals surface area contributed by atoms with Crippen molar-refractivity contribution in [1.29, 1.82) is 0 Å². The SMILES string of the molecule is O[Si](O)(O)O.[P].[Zn]. The minimum Gasteiger partial charge on any atom is -0.368 e. The summed E-state index contributed by atoms with van der Waals surface area (Å²) in [5, 5.41) is 0. The Bertz CT molecular complexity index is 27.2. The molecule has 0 aliphatic rings. The van der Waals surface area contributed by atoms with Crippen molar-refractivity contribution in [2.75, 3.05) is 0 Å². The molecular formula is H4O4PSiZn. The summed E-state index contributed by atoms with van der Waals surface area (Å²) in [4.78, 5) is 29.3. The van der Waals surface area contributed by atoms with E-state index in [-0.39, 0.29) is 29.4 Å². The minimum absolute atomic E-state index is 0. The molecule has 0 saturated carbocycles. The van der Waals surface area contributed by atoms with Crippen LogP contribution in [0.15, 0.2) is 0 Å². The summed E-state index contributed by atoms with van der Waals surface area (Å²) in [6.45, 7) is 0. The van der Waals surface area contributed by atoms with Crippen molar-refractivity contribution in [3.8, 4) is 0 Å². The molecule has 0 amide bonds. The topological polar surface area (TPSA) is 80.9 Å². The first-order chi connectivity index (χ1) is 2.00. The molecule has 4 nitrogen and oxygen atoms in total. The van der Waals surface area contributed by atoms with Crippen LogP contribution in [-0.4, -0.2) is 28.2 Å². The number of hydrogen-bond donors (Lipinski definition) is 4. The van der Waals surface area contributed by atoms with Gasteiger partial charge >= 0.3 is 9.05 Å². The van der Waals surface area contributed by atoms with Gasteiger partial charge in [0.15, 0.2) is 0 Å². The fourth-order valence-corrected chi connectivity index (χ4v) is 0. The molecule has 0 bridgehead atoms. The van der Waals surface area contributed by atoms with Gasteiger partial charge < -0.3 is 19.2 Å². The molecule has 0 aromatic rings. The Balaban J connectivity index is -0.0000000800. The van der Waals surface area contributed by atoms with Crippen LogP contribution in [0.2, 0.25) is 0 Å². The maximum atomic E-state index is 7.33. The van der Waals surface area contributed by atoms with E-state index in [0.717, 1.165) is 0 Å². The largest absolute Gasteiger partial charge is 0.668 e. The molecule has 7 heteroatoms. The predicted molar refractivity (Wildman–Crippen MR) is 21.5 cm³/mol. The molecule has 0 fully saturated rings. The van der Waals surface area contributed by atoms with Gasteiger partial charge in [-0.2, -0.15) is 0 Å². The summed E-state index contributed by atoms with van der Waals surface area (Å²) in [6, 6.07) is 0. The van der Waals surface area contributed by atoms with E-state index in [2.05, 4.69) is 0 Å². The van der Waals surface area contributed by atoms with E-state index in [9.17, 15) is 0 Å². The molecule has 0 atom stereocenters. The molecular weight excluding hydrogens is 188 g/mol. The quantitative estimate of drug-likeness (QED) is 0.271. The fourth-order valence-electron chi connectivity index (χ4n) is 0. The first kappa shape index (κ1) is 15.7. The van der Waals surface area contributed by atoms with Gasteiger partial charge in [-0.25, -0.2) is 0 Å². The summed E-state index contributed by atoms with van der Waals surface area (Å²) in [7, 11) is -4.61. The zero-order chi connectivity index (χ0) is 4.50. The predicted octanol–water partition coefficient (Wildman–Crippen LogP) is -1.75. The number of hydrogen-bond acceptors (Lipinski definition) is 4. The van der Waals surface area contributed by atoms with Crippen LogP contribution in [0.3, 0.4) is 0 Å². The second-order valence-electron chi connectivity index (χ2n) is 0.600. The number of rotatable bonds is 0. The standard InChI is InChI=1S/H4O4Si.P.Zn/c1-5(2,3)4;;/h1-4H;;. The van der Waals surface area contributed by atoms with Gasteiger partial charge in [-0.15, -0.1) is 0 Å². The van der Waals surface area contributed by atoms with Crippen LogP contribution >= 0.6 is 9.90 Å². The van der Waals surface area contributed by atoms with Crippen molar-refractivity contribution in [2.24, 2.45) is 0 Å². The Morgan fingerprint density at radius 2 is 0.857 bits per heavy atom. The summed E-state index contributed by atoms with van der Waals surface area (Å²) >= 11 is 0. The van der Waals surface area contributed by atoms with E-state index < -0.39 is 9.05 Å². The maximum absolute atomic E-state index is 7.33. The molecule has 0 aromatic heterocycles. The Morgan fingerprint density at radius 3 is 0.857 bits per heavy atom. The maximum Gasteiger partial charge on any atom is 0.668 e. The van der Waals surface area contributed by atoms with E-state index >= 15 is 0 Å². The van der Waals surface area contributed by atoms with Crippen LogP contribution in [0.5, 0.6) is 0 Å². The third-order valence-electron chi connectivity index (χ3n) is 0. The molecule has 0 spiro atoms. The van der Waals surface area contributed by atoms with Crippen LogP contribution in [0.25, 0.3) is 0 Å². The smallest absolute Gasteiger partial charge is 0.368 e. The first-order valence-corrected chi connectivity index (χ1v) is 2.68. The molecule has 0 rings (SSSR count). The van der Waals surface area contributed by atoms with Crippen LogP contribution in [0.1, 0.15) is 0 Å². The summed E-state index contributed by atoms with van der Waals surface area (Å²) in [5.74, 6) is 0. The Kier molecular flexibility index (Phi) is 11.8. The van der Waals surface area contributed by atoms with Crippen molar-refractivity contribution in [2.45, 2.75) is 0 Å². The normalized spacial score (nSPS) is 8.57. The molecule has 3 radical (unpaired) electrons. The monoisotopic (exact) mass is 191 g/mol. The Morgan fingerprint density at radius 1 is 0.857 bits per heavy atom. The zero-order valence-electron chi connectivity index (χ0n) is 3.44. The van der Waals surface area contributed by atoms with Crippen LogP contribution in [0.4, 0.5) is 0 Å². The van der Waals surface area contributed by atoms with Gasteiger partial charge in [0.1, 0.15) is 0 Å². The summed E-state index contributed by atoms with van der Waals surface area (Å²) < 4.78 is 0. The van der Waals surface area contributed by atoms with Gasteiger partial charge in [-0.3, -0.25) is 0 Å². The van der Waals surface area contributed by atoms with Gasteiger partial charge in [0, 0.05) is 29.4 Å². The van der Waals surface area contributed by atoms with Crippen molar-refractivity contribution >= 4 is 18.9 Å². The van der Waals surface area contributed by atoms with Gasteiger partial charge in [0.2, 0.25) is 0 Å². The second kappa shape index (κ2) is 5.25. The summed E-state index contributed by atoms with van der Waals surface area (Å²) in [6.07, 6.45) is 0. The van der Waals surface area contributed by atoms with Crippen LogP contribution in [-0.2, 0) is 19.5 Å². The molecule has 0 aromatic carbocycles. The molecule has 4 N–H and O–H groups in total. The van der Waals surface area contributed by atoms with Crippen LogP contribution < -0.4 is 0 Å². The van der Waals surface area contributed by atoms with Gasteiger partial charge in [0.05, 0.1) is 0 Å². The molecule has 7 heavy (non-hydrogen) atoms. The third kappa shape index (κ3) is 151. The average Bonchev–Trinajstić information content (AvgIpc) is 0.722. The average molecular weight is 192 g/mol. The summed E-state index contributed by atoms with van der Waals surface area (Å²) in [5.41, 5.74) is 0. The minimum atomic E-state index is -4.61. The third-order valence-corrected chi connectivity index (χ3v) is 0. The van der Waals surface area contributed by atoms with Gasteiger partial charge in [0.25, 0.3) is 0 Å². The van der Waals surface area contributed by atoms with Crippen molar-refractivity contribution in [3.63, 3.8) is 0 Å². The van der Waals surface area contributed by atoms with Crippen molar-refractivity contribution in [3.05, 3.63) is 0 Å². The Hall–Kier alpha value is 1.11. The van der Waals surface area contributed by atoms with Crippen molar-refractivity contribution in [1.82, 2.24) is 0 Å². The fraction of sp³-hybridized carbons (Fsp3) is 0. The molecule has 39 valence electrons. The first-order valence-electron chi connectivity index (χ1n) is 0.894. The van der Waals surface area contributed by atoms with Gasteiger partial charge in [-0.1, -0.05) is 0 Å². The van der Waals surface area contributed by atoms with E-state index in [4.69, 9.17) is 19.2 Å². The molecule has 0 heterocycles. The molecule has 0 aliphatic heterocycles. The van der Waals surface area contributed by atoms with Crippen molar-refractivity contribution < 1.29 is 38.7 Å². The van der Waals surface area contributed by atoms with Crippen LogP contribution in [0, 0.1) is 0 Å². The second-order valence-corrected chi connectivity index (χ2v) is 1.80. The van der Waals surface area contributed by atoms with E-state index in [1.807, 2.05) is 0 Å². The van der Waals surface area contributed by atoms with Gasteiger partial charge in [-0.05, 0) is 0 Å². The molecule has 0 aliphatic carbocycles. The molecule has 0 unspecified atom stereocenters. The van der Waals surface area contributed by atoms with E-state index in [1.54, 1.807) is 0 Å². The van der Waals surface area contributed by atoms with E-state index in [1.165, 1.54) is 0 Å².